The Morgan fingerprint density at radius 3 is 2.19 bits per heavy atom. The van der Waals surface area contributed by atoms with E-state index < -0.39 is 10.0 Å². The lowest BCUT2D eigenvalue weighted by Gasteiger charge is -2.30. The summed E-state index contributed by atoms with van der Waals surface area (Å²) in [6.45, 7) is 0.642. The van der Waals surface area contributed by atoms with E-state index in [1.807, 2.05) is 54.1 Å². The summed E-state index contributed by atoms with van der Waals surface area (Å²) in [6, 6.07) is 25.3. The lowest BCUT2D eigenvalue weighted by molar-refractivity contribution is -0.120. The monoisotopic (exact) mass is 549 g/mol. The van der Waals surface area contributed by atoms with Crippen LogP contribution in [0.15, 0.2) is 94.0 Å². The van der Waals surface area contributed by atoms with Gasteiger partial charge in [0.1, 0.15) is 0 Å². The maximum Gasteiger partial charge on any atom is 0.243 e. The molecular formula is C28H27N3O3S3. The van der Waals surface area contributed by atoms with Gasteiger partial charge in [-0.15, -0.1) is 23.1 Å². The van der Waals surface area contributed by atoms with Crippen LogP contribution in [-0.4, -0.2) is 43.0 Å². The predicted octanol–water partition coefficient (Wildman–Crippen LogP) is 6.24. The number of thiazole rings is 1. The van der Waals surface area contributed by atoms with Crippen LogP contribution in [0.3, 0.4) is 0 Å². The molecule has 0 bridgehead atoms. The minimum atomic E-state index is -3.56. The average Bonchev–Trinajstić information content (AvgIpc) is 3.42. The Kier molecular flexibility index (Phi) is 7.76. The van der Waals surface area contributed by atoms with Crippen molar-refractivity contribution < 1.29 is 13.2 Å². The molecule has 1 saturated heterocycles. The normalized spacial score (nSPS) is 14.9. The Morgan fingerprint density at radius 1 is 0.919 bits per heavy atom. The summed E-state index contributed by atoms with van der Waals surface area (Å²) in [6.07, 6.45) is 2.91. The third kappa shape index (κ3) is 5.80. The molecule has 0 unspecified atom stereocenters. The second-order valence-electron chi connectivity index (χ2n) is 8.82. The van der Waals surface area contributed by atoms with E-state index in [0.717, 1.165) is 27.3 Å². The predicted molar refractivity (Wildman–Crippen MR) is 151 cm³/mol. The third-order valence-electron chi connectivity index (χ3n) is 6.54. The summed E-state index contributed by atoms with van der Waals surface area (Å²) < 4.78 is 27.5. The zero-order chi connectivity index (χ0) is 25.8. The van der Waals surface area contributed by atoms with Gasteiger partial charge in [0, 0.05) is 34.8 Å². The number of aromatic nitrogens is 1. The molecule has 0 spiro atoms. The van der Waals surface area contributed by atoms with E-state index >= 15 is 0 Å². The van der Waals surface area contributed by atoms with Crippen molar-refractivity contribution in [3.63, 3.8) is 0 Å². The van der Waals surface area contributed by atoms with Crippen LogP contribution in [0.4, 0.5) is 5.13 Å². The Balaban J connectivity index is 1.17. The largest absolute Gasteiger partial charge is 0.302 e. The minimum Gasteiger partial charge on any atom is -0.302 e. The SMILES string of the molecule is CSc1ccc(S(=O)(=O)N2CCC(C(=O)Nc3nc(-c4ccc(-c5ccccc5)cc4)cs3)CC2)cc1. The number of amides is 1. The number of rotatable bonds is 7. The first kappa shape index (κ1) is 25.7. The first-order valence-electron chi connectivity index (χ1n) is 12.0. The van der Waals surface area contributed by atoms with Gasteiger partial charge in [0.05, 0.1) is 10.6 Å². The smallest absolute Gasteiger partial charge is 0.243 e. The minimum absolute atomic E-state index is 0.110. The van der Waals surface area contributed by atoms with Crippen molar-refractivity contribution in [2.75, 3.05) is 24.7 Å². The second-order valence-corrected chi connectivity index (χ2v) is 12.5. The summed E-state index contributed by atoms with van der Waals surface area (Å²) in [5.41, 5.74) is 4.10. The molecule has 5 rings (SSSR count). The summed E-state index contributed by atoms with van der Waals surface area (Å²) >= 11 is 2.96. The van der Waals surface area contributed by atoms with E-state index in [4.69, 9.17) is 0 Å². The molecule has 1 amide bonds. The van der Waals surface area contributed by atoms with Crippen molar-refractivity contribution >= 4 is 44.2 Å². The van der Waals surface area contributed by atoms with E-state index in [1.54, 1.807) is 23.9 Å². The fourth-order valence-electron chi connectivity index (χ4n) is 4.39. The number of carbonyl (C=O) groups is 1. The van der Waals surface area contributed by atoms with Crippen LogP contribution < -0.4 is 5.32 Å². The first-order chi connectivity index (χ1) is 17.9. The summed E-state index contributed by atoms with van der Waals surface area (Å²) in [5, 5.41) is 5.42. The van der Waals surface area contributed by atoms with Crippen molar-refractivity contribution in [3.05, 3.63) is 84.2 Å². The maximum absolute atomic E-state index is 13.0. The number of hydrogen-bond donors (Lipinski definition) is 1. The maximum atomic E-state index is 13.0. The highest BCUT2D eigenvalue weighted by Gasteiger charge is 2.32. The van der Waals surface area contributed by atoms with Gasteiger partial charge in [0.15, 0.2) is 5.13 Å². The molecule has 1 aromatic heterocycles. The number of anilines is 1. The third-order valence-corrected chi connectivity index (χ3v) is 9.96. The molecule has 190 valence electrons. The second kappa shape index (κ2) is 11.2. The highest BCUT2D eigenvalue weighted by molar-refractivity contribution is 7.98. The summed E-state index contributed by atoms with van der Waals surface area (Å²) in [7, 11) is -3.56. The van der Waals surface area contributed by atoms with E-state index in [9.17, 15) is 13.2 Å². The summed E-state index contributed by atoms with van der Waals surface area (Å²) in [4.78, 5) is 18.8. The molecule has 1 aliphatic rings. The van der Waals surface area contributed by atoms with Gasteiger partial charge >= 0.3 is 0 Å². The zero-order valence-corrected chi connectivity index (χ0v) is 22.8. The van der Waals surface area contributed by atoms with Gasteiger partial charge in [-0.25, -0.2) is 13.4 Å². The van der Waals surface area contributed by atoms with Gasteiger partial charge < -0.3 is 5.32 Å². The van der Waals surface area contributed by atoms with Gasteiger partial charge in [0.25, 0.3) is 0 Å². The number of carbonyl (C=O) groups excluding carboxylic acids is 1. The molecule has 0 saturated carbocycles. The Hall–Kier alpha value is -2.98. The molecule has 9 heteroatoms. The van der Waals surface area contributed by atoms with Crippen molar-refractivity contribution in [3.8, 4) is 22.4 Å². The van der Waals surface area contributed by atoms with Gasteiger partial charge in [-0.3, -0.25) is 4.79 Å². The quantitative estimate of drug-likeness (QED) is 0.276. The molecular weight excluding hydrogens is 523 g/mol. The summed E-state index contributed by atoms with van der Waals surface area (Å²) in [5.74, 6) is -0.357. The number of thioether (sulfide) groups is 1. The first-order valence-corrected chi connectivity index (χ1v) is 15.5. The topological polar surface area (TPSA) is 79.4 Å². The van der Waals surface area contributed by atoms with Crippen LogP contribution in [0, 0.1) is 5.92 Å². The van der Waals surface area contributed by atoms with Crippen LogP contribution in [0.25, 0.3) is 22.4 Å². The van der Waals surface area contributed by atoms with Crippen LogP contribution in [0.5, 0.6) is 0 Å². The van der Waals surface area contributed by atoms with E-state index in [-0.39, 0.29) is 11.8 Å². The molecule has 0 aliphatic carbocycles. The van der Waals surface area contributed by atoms with E-state index in [2.05, 4.69) is 34.6 Å². The van der Waals surface area contributed by atoms with E-state index in [0.29, 0.717) is 36.0 Å². The van der Waals surface area contributed by atoms with Gasteiger partial charge in [0.2, 0.25) is 15.9 Å². The lowest BCUT2D eigenvalue weighted by atomic mass is 9.97. The number of benzene rings is 3. The highest BCUT2D eigenvalue weighted by atomic mass is 32.2. The van der Waals surface area contributed by atoms with Crippen LogP contribution in [0.2, 0.25) is 0 Å². The zero-order valence-electron chi connectivity index (χ0n) is 20.3. The molecule has 2 heterocycles. The van der Waals surface area contributed by atoms with Crippen molar-refractivity contribution in [1.82, 2.24) is 9.29 Å². The molecule has 1 aliphatic heterocycles. The molecule has 3 aromatic carbocycles. The van der Waals surface area contributed by atoms with Gasteiger partial charge in [-0.05, 0) is 54.5 Å². The number of nitrogens with one attached hydrogen (secondary N) is 1. The molecule has 6 nitrogen and oxygen atoms in total. The molecule has 0 radical (unpaired) electrons. The fraction of sp³-hybridized carbons (Fsp3) is 0.214. The van der Waals surface area contributed by atoms with Crippen LogP contribution >= 0.6 is 23.1 Å². The van der Waals surface area contributed by atoms with Crippen LogP contribution in [0.1, 0.15) is 12.8 Å². The fourth-order valence-corrected chi connectivity index (χ4v) is 6.99. The molecule has 0 atom stereocenters. The van der Waals surface area contributed by atoms with E-state index in [1.165, 1.54) is 15.6 Å². The van der Waals surface area contributed by atoms with Crippen LogP contribution in [-0.2, 0) is 14.8 Å². The Bertz CT molecular complexity index is 1460. The lowest BCUT2D eigenvalue weighted by Crippen LogP contribution is -2.41. The molecule has 37 heavy (non-hydrogen) atoms. The number of sulfonamides is 1. The highest BCUT2D eigenvalue weighted by Crippen LogP contribution is 2.30. The number of nitrogens with zero attached hydrogens (tertiary/aromatic N) is 2. The standard InChI is InChI=1S/C28H27N3O3S3/c1-35-24-11-13-25(14-12-24)37(33,34)31-17-15-23(16-18-31)27(32)30-28-29-26(19-36-28)22-9-7-21(8-10-22)20-5-3-2-4-6-20/h2-14,19,23H,15-18H2,1H3,(H,29,30,32). The van der Waals surface area contributed by atoms with Gasteiger partial charge in [-0.1, -0.05) is 54.6 Å². The van der Waals surface area contributed by atoms with Crippen molar-refractivity contribution in [2.24, 2.45) is 5.92 Å². The molecule has 1 fully saturated rings. The number of hydrogen-bond acceptors (Lipinski definition) is 6. The van der Waals surface area contributed by atoms with Crippen molar-refractivity contribution in [1.29, 1.82) is 0 Å². The van der Waals surface area contributed by atoms with Crippen molar-refractivity contribution in [2.45, 2.75) is 22.6 Å². The average molecular weight is 550 g/mol. The number of piperidine rings is 1. The molecule has 1 N–H and O–H groups in total. The Labute approximate surface area is 225 Å². The molecule has 4 aromatic rings. The Morgan fingerprint density at radius 2 is 1.54 bits per heavy atom. The van der Waals surface area contributed by atoms with Gasteiger partial charge in [-0.2, -0.15) is 4.31 Å².